The van der Waals surface area contributed by atoms with Crippen molar-refractivity contribution in [3.8, 4) is 0 Å². The van der Waals surface area contributed by atoms with E-state index in [0.717, 1.165) is 11.1 Å². The molecule has 3 nitrogen and oxygen atoms in total. The number of nitrogens with one attached hydrogen (secondary N) is 2. The molecule has 2 aromatic rings. The van der Waals surface area contributed by atoms with Crippen LogP contribution in [0.5, 0.6) is 0 Å². The summed E-state index contributed by atoms with van der Waals surface area (Å²) in [6.45, 7) is 0.965. The molecule has 0 aliphatic heterocycles. The van der Waals surface area contributed by atoms with Crippen molar-refractivity contribution in [1.29, 1.82) is 0 Å². The fraction of sp³-hybridized carbons (Fsp3) is 0.188. The lowest BCUT2D eigenvalue weighted by Gasteiger charge is -2.12. The average Bonchev–Trinajstić information content (AvgIpc) is 2.48. The lowest BCUT2D eigenvalue weighted by Crippen LogP contribution is -2.36. The van der Waals surface area contributed by atoms with Crippen molar-refractivity contribution in [2.75, 3.05) is 7.05 Å². The smallest absolute Gasteiger partial charge is 0.191 e. The van der Waals surface area contributed by atoms with Crippen molar-refractivity contribution in [3.63, 3.8) is 0 Å². The minimum atomic E-state index is -0.291. The monoisotopic (exact) mass is 495 g/mol. The molecule has 2 aromatic carbocycles. The molecule has 7 heteroatoms. The van der Waals surface area contributed by atoms with E-state index in [4.69, 9.17) is 0 Å². The standard InChI is InChI=1S/C16H16BrF2N3.HI/c1-20-16(21-9-11-2-4-14(18)5-3-11)22-10-12-6-13(17)8-15(19)7-12;/h2-8H,9-10H2,1H3,(H2,20,21,22);1H. The van der Waals surface area contributed by atoms with E-state index in [1.807, 2.05) is 6.07 Å². The van der Waals surface area contributed by atoms with E-state index in [9.17, 15) is 8.78 Å². The van der Waals surface area contributed by atoms with Gasteiger partial charge in [0.25, 0.3) is 0 Å². The summed E-state index contributed by atoms with van der Waals surface area (Å²) in [7, 11) is 1.65. The number of nitrogens with zero attached hydrogens (tertiary/aromatic N) is 1. The zero-order valence-corrected chi connectivity index (χ0v) is 16.4. The molecular formula is C16H17BrF2IN3. The van der Waals surface area contributed by atoms with Gasteiger partial charge in [0, 0.05) is 24.6 Å². The van der Waals surface area contributed by atoms with Gasteiger partial charge in [0.2, 0.25) is 0 Å². The van der Waals surface area contributed by atoms with Gasteiger partial charge in [0.1, 0.15) is 11.6 Å². The molecule has 2 N–H and O–H groups in total. The molecule has 0 spiro atoms. The highest BCUT2D eigenvalue weighted by atomic mass is 127. The highest BCUT2D eigenvalue weighted by Crippen LogP contribution is 2.14. The van der Waals surface area contributed by atoms with E-state index in [0.29, 0.717) is 23.5 Å². The van der Waals surface area contributed by atoms with Gasteiger partial charge >= 0.3 is 0 Å². The third-order valence-electron chi connectivity index (χ3n) is 2.98. The van der Waals surface area contributed by atoms with Crippen molar-refractivity contribution < 1.29 is 8.78 Å². The van der Waals surface area contributed by atoms with E-state index < -0.39 is 0 Å². The maximum atomic E-state index is 13.3. The van der Waals surface area contributed by atoms with Crippen LogP contribution in [0.15, 0.2) is 51.9 Å². The van der Waals surface area contributed by atoms with Crippen LogP contribution in [0.25, 0.3) is 0 Å². The quantitative estimate of drug-likeness (QED) is 0.378. The Morgan fingerprint density at radius 1 is 0.957 bits per heavy atom. The molecule has 0 fully saturated rings. The van der Waals surface area contributed by atoms with Crippen molar-refractivity contribution in [2.24, 2.45) is 4.99 Å². The van der Waals surface area contributed by atoms with E-state index >= 15 is 0 Å². The molecule has 0 aromatic heterocycles. The number of aliphatic imine (C=N–C) groups is 1. The summed E-state index contributed by atoms with van der Waals surface area (Å²) in [5.74, 6) is 0.0353. The van der Waals surface area contributed by atoms with Crippen LogP contribution >= 0.6 is 39.9 Å². The predicted molar refractivity (Wildman–Crippen MR) is 103 cm³/mol. The second-order valence-electron chi connectivity index (χ2n) is 4.68. The number of hydrogen-bond donors (Lipinski definition) is 2. The summed E-state index contributed by atoms with van der Waals surface area (Å²) in [6.07, 6.45) is 0. The summed E-state index contributed by atoms with van der Waals surface area (Å²) in [5, 5.41) is 6.21. The van der Waals surface area contributed by atoms with Crippen LogP contribution in [0, 0.1) is 11.6 Å². The second-order valence-corrected chi connectivity index (χ2v) is 5.60. The Kier molecular flexibility index (Phi) is 8.46. The fourth-order valence-corrected chi connectivity index (χ4v) is 2.42. The normalized spacial score (nSPS) is 10.9. The zero-order chi connectivity index (χ0) is 15.9. The molecule has 0 radical (unpaired) electrons. The van der Waals surface area contributed by atoms with Gasteiger partial charge in [-0.25, -0.2) is 8.78 Å². The van der Waals surface area contributed by atoms with Gasteiger partial charge in [-0.05, 0) is 41.5 Å². The zero-order valence-electron chi connectivity index (χ0n) is 12.4. The van der Waals surface area contributed by atoms with Crippen molar-refractivity contribution in [3.05, 3.63) is 69.7 Å². The average molecular weight is 496 g/mol. The van der Waals surface area contributed by atoms with Gasteiger partial charge in [-0.15, -0.1) is 24.0 Å². The van der Waals surface area contributed by atoms with Crippen molar-refractivity contribution in [2.45, 2.75) is 13.1 Å². The molecule has 0 bridgehead atoms. The molecule has 0 heterocycles. The molecule has 0 aliphatic rings. The Bertz CT molecular complexity index is 643. The van der Waals surface area contributed by atoms with E-state index in [1.165, 1.54) is 24.3 Å². The van der Waals surface area contributed by atoms with Gasteiger partial charge in [0.05, 0.1) is 0 Å². The van der Waals surface area contributed by atoms with Crippen LogP contribution in [0.3, 0.4) is 0 Å². The largest absolute Gasteiger partial charge is 0.352 e. The summed E-state index contributed by atoms with van der Waals surface area (Å²) in [6, 6.07) is 11.0. The van der Waals surface area contributed by atoms with Gasteiger partial charge in [0.15, 0.2) is 5.96 Å². The second kappa shape index (κ2) is 9.82. The highest BCUT2D eigenvalue weighted by molar-refractivity contribution is 14.0. The number of hydrogen-bond acceptors (Lipinski definition) is 1. The molecule has 124 valence electrons. The highest BCUT2D eigenvalue weighted by Gasteiger charge is 2.02. The first-order chi connectivity index (χ1) is 10.6. The summed E-state index contributed by atoms with van der Waals surface area (Å²) >= 11 is 3.26. The molecule has 23 heavy (non-hydrogen) atoms. The maximum Gasteiger partial charge on any atom is 0.191 e. The van der Waals surface area contributed by atoms with Gasteiger partial charge in [-0.2, -0.15) is 0 Å². The minimum absolute atomic E-state index is 0. The third-order valence-corrected chi connectivity index (χ3v) is 3.44. The minimum Gasteiger partial charge on any atom is -0.352 e. The molecule has 0 aliphatic carbocycles. The van der Waals surface area contributed by atoms with Crippen LogP contribution in [-0.2, 0) is 13.1 Å². The van der Waals surface area contributed by atoms with Crippen LogP contribution in [0.2, 0.25) is 0 Å². The van der Waals surface area contributed by atoms with Crippen LogP contribution in [0.4, 0.5) is 8.78 Å². The number of halogens is 4. The van der Waals surface area contributed by atoms with Gasteiger partial charge in [-0.1, -0.05) is 28.1 Å². The molecule has 0 amide bonds. The molecule has 0 saturated carbocycles. The Labute approximate surface area is 159 Å². The molecule has 2 rings (SSSR count). The predicted octanol–water partition coefficient (Wildman–Crippen LogP) is 4.21. The van der Waals surface area contributed by atoms with Gasteiger partial charge in [-0.3, -0.25) is 4.99 Å². The SMILES string of the molecule is CN=C(NCc1ccc(F)cc1)NCc1cc(F)cc(Br)c1.I. The van der Waals surface area contributed by atoms with Gasteiger partial charge < -0.3 is 10.6 Å². The topological polar surface area (TPSA) is 36.4 Å². The Morgan fingerprint density at radius 3 is 2.13 bits per heavy atom. The number of benzene rings is 2. The molecule has 0 unspecified atom stereocenters. The lowest BCUT2D eigenvalue weighted by molar-refractivity contribution is 0.623. The van der Waals surface area contributed by atoms with Crippen LogP contribution in [0.1, 0.15) is 11.1 Å². The number of rotatable bonds is 4. The molecule has 0 saturated heterocycles. The number of guanidine groups is 1. The Hall–Kier alpha value is -1.22. The van der Waals surface area contributed by atoms with E-state index in [2.05, 4.69) is 31.6 Å². The first kappa shape index (κ1) is 19.8. The van der Waals surface area contributed by atoms with Crippen LogP contribution < -0.4 is 10.6 Å². The van der Waals surface area contributed by atoms with Crippen molar-refractivity contribution >= 4 is 45.9 Å². The molecule has 0 atom stereocenters. The first-order valence-electron chi connectivity index (χ1n) is 6.71. The lowest BCUT2D eigenvalue weighted by atomic mass is 10.2. The Balaban J connectivity index is 0.00000264. The summed E-state index contributed by atoms with van der Waals surface area (Å²) in [4.78, 5) is 4.10. The fourth-order valence-electron chi connectivity index (χ4n) is 1.91. The first-order valence-corrected chi connectivity index (χ1v) is 7.50. The Morgan fingerprint density at radius 2 is 1.57 bits per heavy atom. The van der Waals surface area contributed by atoms with Crippen molar-refractivity contribution in [1.82, 2.24) is 10.6 Å². The maximum absolute atomic E-state index is 13.3. The van der Waals surface area contributed by atoms with E-state index in [-0.39, 0.29) is 35.6 Å². The molecular weight excluding hydrogens is 479 g/mol. The summed E-state index contributed by atoms with van der Waals surface area (Å²) < 4.78 is 26.8. The van der Waals surface area contributed by atoms with Crippen LogP contribution in [-0.4, -0.2) is 13.0 Å². The summed E-state index contributed by atoms with van der Waals surface area (Å²) in [5.41, 5.74) is 1.74. The van der Waals surface area contributed by atoms with E-state index in [1.54, 1.807) is 19.2 Å². The third kappa shape index (κ3) is 6.82.